The zero-order chi connectivity index (χ0) is 18.4. The van der Waals surface area contributed by atoms with E-state index in [2.05, 4.69) is 33.3 Å². The van der Waals surface area contributed by atoms with Gasteiger partial charge in [0.1, 0.15) is 0 Å². The molecule has 0 N–H and O–H groups in total. The Hall–Kier alpha value is -2.63. The highest BCUT2D eigenvalue weighted by atomic mass is 16.2. The molecule has 1 saturated heterocycles. The van der Waals surface area contributed by atoms with Crippen LogP contribution >= 0.6 is 0 Å². The van der Waals surface area contributed by atoms with Crippen molar-refractivity contribution in [2.75, 3.05) is 31.1 Å². The van der Waals surface area contributed by atoms with Gasteiger partial charge in [-0.1, -0.05) is 0 Å². The molecule has 6 nitrogen and oxygen atoms in total. The van der Waals surface area contributed by atoms with Gasteiger partial charge in [0.2, 0.25) is 5.91 Å². The topological polar surface area (TPSA) is 54.3 Å². The number of rotatable bonds is 4. The van der Waals surface area contributed by atoms with E-state index in [1.807, 2.05) is 29.0 Å². The molecule has 1 saturated carbocycles. The summed E-state index contributed by atoms with van der Waals surface area (Å²) in [4.78, 5) is 21.4. The van der Waals surface area contributed by atoms with Gasteiger partial charge in [-0.15, -0.1) is 0 Å². The molecule has 3 heterocycles. The van der Waals surface area contributed by atoms with Crippen LogP contribution in [0.25, 0.3) is 11.6 Å². The van der Waals surface area contributed by atoms with Gasteiger partial charge in [0.15, 0.2) is 0 Å². The van der Waals surface area contributed by atoms with E-state index < -0.39 is 0 Å². The number of aromatic nitrogens is 3. The maximum atomic E-state index is 12.4. The number of nitrogens with zero attached hydrogens (tertiary/aromatic N) is 5. The van der Waals surface area contributed by atoms with Crippen molar-refractivity contribution >= 4 is 23.2 Å². The Balaban J connectivity index is 1.32. The van der Waals surface area contributed by atoms with E-state index in [-0.39, 0.29) is 0 Å². The fourth-order valence-corrected chi connectivity index (χ4v) is 4.15. The first-order valence-corrected chi connectivity index (χ1v) is 9.87. The summed E-state index contributed by atoms with van der Waals surface area (Å²) in [7, 11) is 1.94. The van der Waals surface area contributed by atoms with E-state index in [9.17, 15) is 4.79 Å². The van der Waals surface area contributed by atoms with Crippen LogP contribution in [-0.4, -0.2) is 51.8 Å². The first-order valence-electron chi connectivity index (χ1n) is 9.87. The molecule has 0 aromatic carbocycles. The number of hydrogen-bond acceptors (Lipinski definition) is 4. The van der Waals surface area contributed by atoms with Crippen LogP contribution in [0.1, 0.15) is 36.1 Å². The Bertz CT molecular complexity index is 903. The van der Waals surface area contributed by atoms with Crippen molar-refractivity contribution < 1.29 is 4.79 Å². The Labute approximate surface area is 159 Å². The maximum absolute atomic E-state index is 12.4. The standard InChI is InChI=1S/C21H25N5O/c1-24-14-17(13-23-24)16-11-18-19(12-16)22-5-4-20(18)25-6-8-26(9-7-25)21(27)10-15-2-3-15/h4-5,11,13-15H,2-3,6-10,12H2,1H3. The quantitative estimate of drug-likeness (QED) is 0.837. The second-order valence-corrected chi connectivity index (χ2v) is 7.95. The summed E-state index contributed by atoms with van der Waals surface area (Å²) >= 11 is 0. The average Bonchev–Trinajstić information content (AvgIpc) is 3.21. The number of pyridine rings is 1. The number of carbonyl (C=O) groups excluding carboxylic acids is 1. The first kappa shape index (κ1) is 16.5. The van der Waals surface area contributed by atoms with E-state index in [4.69, 9.17) is 0 Å². The molecule has 140 valence electrons. The minimum absolute atomic E-state index is 0.343. The van der Waals surface area contributed by atoms with Crippen molar-refractivity contribution in [3.05, 3.63) is 41.5 Å². The number of anilines is 1. The van der Waals surface area contributed by atoms with Gasteiger partial charge in [0, 0.05) is 75.3 Å². The highest BCUT2D eigenvalue weighted by molar-refractivity contribution is 5.91. The average molecular weight is 363 g/mol. The second kappa shape index (κ2) is 6.51. The number of allylic oxidation sites excluding steroid dienone is 1. The molecule has 1 amide bonds. The van der Waals surface area contributed by atoms with E-state index in [0.29, 0.717) is 11.8 Å². The smallest absolute Gasteiger partial charge is 0.222 e. The van der Waals surface area contributed by atoms with E-state index in [0.717, 1.165) is 50.3 Å². The summed E-state index contributed by atoms with van der Waals surface area (Å²) in [6, 6.07) is 2.11. The molecule has 2 fully saturated rings. The van der Waals surface area contributed by atoms with Crippen LogP contribution < -0.4 is 4.90 Å². The highest BCUT2D eigenvalue weighted by Gasteiger charge is 2.29. The SMILES string of the molecule is Cn1cc(C2=Cc3c(N4CCN(C(=O)CC5CC5)CC4)ccnc3C2)cn1. The molecule has 0 atom stereocenters. The van der Waals surface area contributed by atoms with Crippen molar-refractivity contribution in [2.24, 2.45) is 13.0 Å². The normalized spacial score (nSPS) is 19.2. The zero-order valence-electron chi connectivity index (χ0n) is 15.8. The lowest BCUT2D eigenvalue weighted by molar-refractivity contribution is -0.131. The summed E-state index contributed by atoms with van der Waals surface area (Å²) in [5, 5.41) is 4.29. The molecule has 2 aromatic heterocycles. The lowest BCUT2D eigenvalue weighted by atomic mass is 10.1. The van der Waals surface area contributed by atoms with E-state index in [1.54, 1.807) is 0 Å². The molecule has 1 aliphatic heterocycles. The number of aryl methyl sites for hydroxylation is 1. The van der Waals surface area contributed by atoms with Crippen LogP contribution in [-0.2, 0) is 18.3 Å². The molecule has 27 heavy (non-hydrogen) atoms. The molecular weight excluding hydrogens is 338 g/mol. The van der Waals surface area contributed by atoms with Crippen LogP contribution in [0.15, 0.2) is 24.7 Å². The van der Waals surface area contributed by atoms with Gasteiger partial charge in [-0.2, -0.15) is 5.10 Å². The third kappa shape index (κ3) is 3.24. The molecule has 2 aliphatic carbocycles. The Morgan fingerprint density at radius 1 is 1.22 bits per heavy atom. The van der Waals surface area contributed by atoms with Gasteiger partial charge >= 0.3 is 0 Å². The van der Waals surface area contributed by atoms with Gasteiger partial charge in [-0.05, 0) is 36.5 Å². The number of carbonyl (C=O) groups is 1. The van der Waals surface area contributed by atoms with Crippen LogP contribution in [0, 0.1) is 5.92 Å². The largest absolute Gasteiger partial charge is 0.367 e. The van der Waals surface area contributed by atoms with Crippen molar-refractivity contribution in [1.82, 2.24) is 19.7 Å². The molecule has 5 rings (SSSR count). The third-order valence-corrected chi connectivity index (χ3v) is 5.94. The van der Waals surface area contributed by atoms with Crippen molar-refractivity contribution in [3.63, 3.8) is 0 Å². The minimum atomic E-state index is 0.343. The van der Waals surface area contributed by atoms with Crippen LogP contribution in [0.2, 0.25) is 0 Å². The molecule has 0 spiro atoms. The summed E-state index contributed by atoms with van der Waals surface area (Å²) in [5.41, 5.74) is 6.05. The molecule has 3 aliphatic rings. The monoisotopic (exact) mass is 363 g/mol. The highest BCUT2D eigenvalue weighted by Crippen LogP contribution is 2.36. The molecule has 6 heteroatoms. The van der Waals surface area contributed by atoms with Crippen molar-refractivity contribution in [3.8, 4) is 0 Å². The molecule has 2 aromatic rings. The summed E-state index contributed by atoms with van der Waals surface area (Å²) in [6.07, 6.45) is 12.2. The fraction of sp³-hybridized carbons (Fsp3) is 0.476. The maximum Gasteiger partial charge on any atom is 0.222 e. The summed E-state index contributed by atoms with van der Waals surface area (Å²) in [6.45, 7) is 3.43. The Morgan fingerprint density at radius 3 is 2.74 bits per heavy atom. The summed E-state index contributed by atoms with van der Waals surface area (Å²) < 4.78 is 1.84. The molecule has 0 radical (unpaired) electrons. The third-order valence-electron chi connectivity index (χ3n) is 5.94. The van der Waals surface area contributed by atoms with E-state index >= 15 is 0 Å². The lowest BCUT2D eigenvalue weighted by Gasteiger charge is -2.37. The number of fused-ring (bicyclic) bond motifs is 1. The van der Waals surface area contributed by atoms with Gasteiger partial charge < -0.3 is 9.80 Å². The van der Waals surface area contributed by atoms with Gasteiger partial charge in [-0.3, -0.25) is 14.5 Å². The van der Waals surface area contributed by atoms with Gasteiger partial charge in [0.05, 0.1) is 11.9 Å². The number of amides is 1. The van der Waals surface area contributed by atoms with Crippen molar-refractivity contribution in [2.45, 2.75) is 25.7 Å². The van der Waals surface area contributed by atoms with Gasteiger partial charge in [0.25, 0.3) is 0 Å². The van der Waals surface area contributed by atoms with Crippen LogP contribution in [0.5, 0.6) is 0 Å². The Morgan fingerprint density at radius 2 is 2.04 bits per heavy atom. The molecule has 0 unspecified atom stereocenters. The zero-order valence-corrected chi connectivity index (χ0v) is 15.8. The van der Waals surface area contributed by atoms with Crippen molar-refractivity contribution in [1.29, 1.82) is 0 Å². The number of piperazine rings is 1. The van der Waals surface area contributed by atoms with Crippen LogP contribution in [0.4, 0.5) is 5.69 Å². The van der Waals surface area contributed by atoms with Crippen LogP contribution in [0.3, 0.4) is 0 Å². The molecule has 0 bridgehead atoms. The Kier molecular flexibility index (Phi) is 3.99. The summed E-state index contributed by atoms with van der Waals surface area (Å²) in [5.74, 6) is 1.01. The predicted octanol–water partition coefficient (Wildman–Crippen LogP) is 2.36. The van der Waals surface area contributed by atoms with Gasteiger partial charge in [-0.25, -0.2) is 0 Å². The van der Waals surface area contributed by atoms with E-state index in [1.165, 1.54) is 29.7 Å². The minimum Gasteiger partial charge on any atom is -0.367 e. The number of hydrogen-bond donors (Lipinski definition) is 0. The predicted molar refractivity (Wildman–Crippen MR) is 105 cm³/mol. The second-order valence-electron chi connectivity index (χ2n) is 7.95. The lowest BCUT2D eigenvalue weighted by Crippen LogP contribution is -2.49. The fourth-order valence-electron chi connectivity index (χ4n) is 4.15. The molecular formula is C21H25N5O. The first-order chi connectivity index (χ1) is 13.2.